The number of carbonyl (C=O) groups excluding carboxylic acids is 2. The van der Waals surface area contributed by atoms with Gasteiger partial charge < -0.3 is 19.4 Å². The fourth-order valence-electron chi connectivity index (χ4n) is 3.79. The van der Waals surface area contributed by atoms with E-state index in [9.17, 15) is 9.59 Å². The van der Waals surface area contributed by atoms with Crippen molar-refractivity contribution in [2.45, 2.75) is 19.3 Å². The first-order valence-electron chi connectivity index (χ1n) is 9.82. The minimum absolute atomic E-state index is 0.0146. The van der Waals surface area contributed by atoms with Crippen LogP contribution in [0.4, 0.5) is 5.69 Å². The summed E-state index contributed by atoms with van der Waals surface area (Å²) in [7, 11) is 1.61. The molecule has 29 heavy (non-hydrogen) atoms. The molecule has 1 atom stereocenters. The Hall–Kier alpha value is -3.28. The summed E-state index contributed by atoms with van der Waals surface area (Å²) in [6, 6.07) is 15.0. The third kappa shape index (κ3) is 4.26. The predicted molar refractivity (Wildman–Crippen MR) is 111 cm³/mol. The Labute approximate surface area is 169 Å². The van der Waals surface area contributed by atoms with Gasteiger partial charge in [0.1, 0.15) is 11.3 Å². The lowest BCUT2D eigenvalue weighted by Gasteiger charge is -2.32. The highest BCUT2D eigenvalue weighted by atomic mass is 16.5. The minimum atomic E-state index is -0.196. The van der Waals surface area contributed by atoms with Crippen LogP contribution in [0.2, 0.25) is 0 Å². The Morgan fingerprint density at radius 2 is 2.03 bits per heavy atom. The molecular weight excluding hydrogens is 368 g/mol. The van der Waals surface area contributed by atoms with Crippen LogP contribution >= 0.6 is 0 Å². The van der Waals surface area contributed by atoms with Gasteiger partial charge in [-0.15, -0.1) is 0 Å². The summed E-state index contributed by atoms with van der Waals surface area (Å²) in [6.07, 6.45) is 3.50. The first kappa shape index (κ1) is 19.1. The number of hydrogen-bond acceptors (Lipinski definition) is 4. The van der Waals surface area contributed by atoms with E-state index in [0.717, 1.165) is 29.5 Å². The summed E-state index contributed by atoms with van der Waals surface area (Å²) in [6.45, 7) is 1.12. The number of benzene rings is 2. The van der Waals surface area contributed by atoms with Gasteiger partial charge in [-0.3, -0.25) is 9.59 Å². The highest BCUT2D eigenvalue weighted by molar-refractivity contribution is 5.93. The summed E-state index contributed by atoms with van der Waals surface area (Å²) in [4.78, 5) is 27.3. The normalized spacial score (nSPS) is 16.6. The second-order valence-electron chi connectivity index (χ2n) is 7.33. The van der Waals surface area contributed by atoms with Crippen molar-refractivity contribution in [3.8, 4) is 5.75 Å². The van der Waals surface area contributed by atoms with Crippen molar-refractivity contribution < 1.29 is 18.7 Å². The average molecular weight is 392 g/mol. The van der Waals surface area contributed by atoms with Crippen LogP contribution in [0.15, 0.2) is 59.2 Å². The lowest BCUT2D eigenvalue weighted by molar-refractivity contribution is -0.133. The number of para-hydroxylation sites is 1. The zero-order valence-electron chi connectivity index (χ0n) is 16.4. The molecule has 0 saturated carbocycles. The molecule has 6 heteroatoms. The third-order valence-electron chi connectivity index (χ3n) is 5.39. The van der Waals surface area contributed by atoms with E-state index in [1.807, 2.05) is 48.5 Å². The van der Waals surface area contributed by atoms with Gasteiger partial charge in [0.25, 0.3) is 0 Å². The number of piperidine rings is 1. The molecule has 2 heterocycles. The number of hydrogen-bond donors (Lipinski definition) is 1. The van der Waals surface area contributed by atoms with E-state index < -0.39 is 0 Å². The lowest BCUT2D eigenvalue weighted by atomic mass is 9.96. The van der Waals surface area contributed by atoms with Crippen LogP contribution in [0, 0.1) is 5.92 Å². The van der Waals surface area contributed by atoms with Gasteiger partial charge in [0, 0.05) is 35.8 Å². The van der Waals surface area contributed by atoms with Gasteiger partial charge in [-0.1, -0.05) is 18.2 Å². The van der Waals surface area contributed by atoms with Crippen LogP contribution in [0.5, 0.6) is 5.75 Å². The molecule has 1 aliphatic heterocycles. The number of ether oxygens (including phenoxy) is 1. The van der Waals surface area contributed by atoms with E-state index in [4.69, 9.17) is 9.15 Å². The molecule has 6 nitrogen and oxygen atoms in total. The van der Waals surface area contributed by atoms with Crippen LogP contribution < -0.4 is 10.1 Å². The highest BCUT2D eigenvalue weighted by Gasteiger charge is 2.29. The molecule has 0 unspecified atom stereocenters. The zero-order chi connectivity index (χ0) is 20.2. The molecule has 2 amide bonds. The van der Waals surface area contributed by atoms with Gasteiger partial charge in [0.05, 0.1) is 25.7 Å². The summed E-state index contributed by atoms with van der Waals surface area (Å²) < 4.78 is 10.8. The van der Waals surface area contributed by atoms with Gasteiger partial charge in [0.15, 0.2) is 0 Å². The molecule has 2 aromatic carbocycles. The number of amides is 2. The molecule has 150 valence electrons. The number of anilines is 1. The van der Waals surface area contributed by atoms with Crippen LogP contribution in [-0.2, 0) is 16.0 Å². The Balaban J connectivity index is 1.40. The topological polar surface area (TPSA) is 71.8 Å². The fraction of sp³-hybridized carbons (Fsp3) is 0.304. The number of nitrogens with one attached hydrogen (secondary N) is 1. The molecule has 0 radical (unpaired) electrons. The predicted octanol–water partition coefficient (Wildman–Crippen LogP) is 3.86. The maximum atomic E-state index is 12.9. The summed E-state index contributed by atoms with van der Waals surface area (Å²) in [5.41, 5.74) is 2.33. The molecule has 1 N–H and O–H groups in total. The van der Waals surface area contributed by atoms with Crippen LogP contribution in [0.3, 0.4) is 0 Å². The quantitative estimate of drug-likeness (QED) is 0.716. The van der Waals surface area contributed by atoms with Gasteiger partial charge in [0.2, 0.25) is 11.8 Å². The average Bonchev–Trinajstić information content (AvgIpc) is 3.16. The summed E-state index contributed by atoms with van der Waals surface area (Å²) in [5.74, 6) is 0.501. The van der Waals surface area contributed by atoms with Crippen molar-refractivity contribution in [3.05, 3.63) is 60.4 Å². The molecule has 3 aromatic rings. The highest BCUT2D eigenvalue weighted by Crippen LogP contribution is 2.27. The first-order valence-corrected chi connectivity index (χ1v) is 9.82. The Kier molecular flexibility index (Phi) is 5.51. The molecular formula is C23H24N2O4. The number of furan rings is 1. The van der Waals surface area contributed by atoms with E-state index in [-0.39, 0.29) is 24.2 Å². The Morgan fingerprint density at radius 1 is 1.21 bits per heavy atom. The maximum absolute atomic E-state index is 12.9. The number of likely N-dealkylation sites (tertiary alicyclic amines) is 1. The van der Waals surface area contributed by atoms with Crippen LogP contribution in [-0.4, -0.2) is 36.9 Å². The molecule has 4 rings (SSSR count). The smallest absolute Gasteiger partial charge is 0.229 e. The van der Waals surface area contributed by atoms with E-state index >= 15 is 0 Å². The van der Waals surface area contributed by atoms with Gasteiger partial charge in [-0.05, 0) is 37.1 Å². The summed E-state index contributed by atoms with van der Waals surface area (Å²) in [5, 5.41) is 3.86. The van der Waals surface area contributed by atoms with Crippen molar-refractivity contribution >= 4 is 28.5 Å². The Morgan fingerprint density at radius 3 is 2.83 bits per heavy atom. The molecule has 0 spiro atoms. The van der Waals surface area contributed by atoms with E-state index in [1.54, 1.807) is 18.3 Å². The molecule has 1 aliphatic rings. The maximum Gasteiger partial charge on any atom is 0.229 e. The van der Waals surface area contributed by atoms with Crippen LogP contribution in [0.25, 0.3) is 11.0 Å². The van der Waals surface area contributed by atoms with Crippen molar-refractivity contribution in [1.29, 1.82) is 0 Å². The number of nitrogens with zero attached hydrogens (tertiary/aromatic N) is 1. The Bertz CT molecular complexity index is 1010. The van der Waals surface area contributed by atoms with E-state index in [2.05, 4.69) is 5.32 Å². The second kappa shape index (κ2) is 8.39. The molecule has 0 aliphatic carbocycles. The monoisotopic (exact) mass is 392 g/mol. The second-order valence-corrected chi connectivity index (χ2v) is 7.33. The largest absolute Gasteiger partial charge is 0.497 e. The lowest BCUT2D eigenvalue weighted by Crippen LogP contribution is -2.44. The molecule has 0 bridgehead atoms. The first-order chi connectivity index (χ1) is 14.1. The third-order valence-corrected chi connectivity index (χ3v) is 5.39. The fourth-order valence-corrected chi connectivity index (χ4v) is 3.79. The van der Waals surface area contributed by atoms with Gasteiger partial charge in [-0.2, -0.15) is 0 Å². The van der Waals surface area contributed by atoms with E-state index in [0.29, 0.717) is 24.4 Å². The SMILES string of the molecule is COc1ccc2c(CC(=O)N3CCC[C@H](C(=O)Nc4ccccc4)C3)coc2c1. The van der Waals surface area contributed by atoms with Crippen molar-refractivity contribution in [2.24, 2.45) is 5.92 Å². The standard InChI is InChI=1S/C23H24N2O4/c1-28-19-9-10-20-17(15-29-21(20)13-19)12-22(26)25-11-5-6-16(14-25)23(27)24-18-7-3-2-4-8-18/h2-4,7-10,13,15-16H,5-6,11-12,14H2,1H3,(H,24,27)/t16-/m0/s1. The minimum Gasteiger partial charge on any atom is -0.497 e. The van der Waals surface area contributed by atoms with Crippen LogP contribution in [0.1, 0.15) is 18.4 Å². The zero-order valence-corrected chi connectivity index (χ0v) is 16.4. The number of fused-ring (bicyclic) bond motifs is 1. The van der Waals surface area contributed by atoms with Crippen molar-refractivity contribution in [1.82, 2.24) is 4.90 Å². The summed E-state index contributed by atoms with van der Waals surface area (Å²) >= 11 is 0. The number of rotatable bonds is 5. The van der Waals surface area contributed by atoms with Gasteiger partial charge >= 0.3 is 0 Å². The van der Waals surface area contributed by atoms with Crippen molar-refractivity contribution in [2.75, 3.05) is 25.5 Å². The van der Waals surface area contributed by atoms with Crippen molar-refractivity contribution in [3.63, 3.8) is 0 Å². The van der Waals surface area contributed by atoms with Gasteiger partial charge in [-0.25, -0.2) is 0 Å². The molecule has 1 saturated heterocycles. The molecule has 1 fully saturated rings. The number of methoxy groups -OCH3 is 1. The van der Waals surface area contributed by atoms with E-state index in [1.165, 1.54) is 0 Å². The molecule has 1 aromatic heterocycles. The number of carbonyl (C=O) groups is 2.